The molecule has 0 fully saturated rings. The van der Waals surface area contributed by atoms with E-state index in [0.717, 1.165) is 6.54 Å². The topological polar surface area (TPSA) is 54.9 Å². The molecule has 1 amide bonds. The lowest BCUT2D eigenvalue weighted by atomic mass is 10.2. The molecule has 0 rings (SSSR count). The third-order valence-corrected chi connectivity index (χ3v) is 1.45. The zero-order chi connectivity index (χ0) is 11.2. The molecule has 0 saturated carbocycles. The maximum absolute atomic E-state index is 11.2. The van der Waals surface area contributed by atoms with E-state index >= 15 is 0 Å². The Bertz CT molecular complexity index is 173. The summed E-state index contributed by atoms with van der Waals surface area (Å²) < 4.78 is 5.08. The quantitative estimate of drug-likeness (QED) is 0.653. The van der Waals surface area contributed by atoms with Gasteiger partial charge in [0.1, 0.15) is 5.60 Å². The Labute approximate surface area is 86.4 Å². The Hall–Kier alpha value is -0.770. The van der Waals surface area contributed by atoms with Crippen molar-refractivity contribution < 1.29 is 14.8 Å². The van der Waals surface area contributed by atoms with Crippen LogP contribution in [0.1, 0.15) is 34.6 Å². The highest BCUT2D eigenvalue weighted by Crippen LogP contribution is 2.05. The van der Waals surface area contributed by atoms with Gasteiger partial charge in [0, 0.05) is 0 Å². The second-order valence-electron chi connectivity index (χ2n) is 4.70. The standard InChI is InChI=1S/C10H22N2O2/c1-8(2)11-6-7-12-9(13)14-10(3,4)5/h8,11H,6-7H2,1-5H3,(H,12,13)/p+1. The molecule has 3 N–H and O–H groups in total. The number of amides is 1. The van der Waals surface area contributed by atoms with Crippen LogP contribution in [-0.4, -0.2) is 30.8 Å². The van der Waals surface area contributed by atoms with Crippen molar-refractivity contribution in [3.05, 3.63) is 0 Å². The van der Waals surface area contributed by atoms with Crippen LogP contribution in [0.25, 0.3) is 0 Å². The van der Waals surface area contributed by atoms with E-state index < -0.39 is 5.60 Å². The summed E-state index contributed by atoms with van der Waals surface area (Å²) in [6.45, 7) is 11.3. The Morgan fingerprint density at radius 1 is 1.43 bits per heavy atom. The first-order valence-electron chi connectivity index (χ1n) is 5.11. The normalized spacial score (nSPS) is 11.6. The van der Waals surface area contributed by atoms with Crippen molar-refractivity contribution >= 4 is 6.09 Å². The average molecular weight is 203 g/mol. The molecule has 14 heavy (non-hydrogen) atoms. The molecule has 0 atom stereocenters. The van der Waals surface area contributed by atoms with Gasteiger partial charge < -0.3 is 15.4 Å². The summed E-state index contributed by atoms with van der Waals surface area (Å²) in [4.78, 5) is 11.2. The zero-order valence-corrected chi connectivity index (χ0v) is 9.89. The summed E-state index contributed by atoms with van der Waals surface area (Å²) >= 11 is 0. The molecule has 0 aromatic rings. The summed E-state index contributed by atoms with van der Waals surface area (Å²) in [5.74, 6) is 0. The molecule has 0 aromatic heterocycles. The van der Waals surface area contributed by atoms with Gasteiger partial charge in [0.25, 0.3) is 0 Å². The summed E-state index contributed by atoms with van der Waals surface area (Å²) in [6.07, 6.45) is -0.338. The molecule has 4 heteroatoms. The number of alkyl carbamates (subject to hydrolysis) is 1. The number of quaternary nitrogens is 1. The first-order valence-corrected chi connectivity index (χ1v) is 5.11. The first-order chi connectivity index (χ1) is 6.31. The molecule has 0 aliphatic carbocycles. The molecule has 0 unspecified atom stereocenters. The van der Waals surface area contributed by atoms with Crippen LogP contribution >= 0.6 is 0 Å². The van der Waals surface area contributed by atoms with E-state index in [-0.39, 0.29) is 6.09 Å². The number of carbonyl (C=O) groups is 1. The number of nitrogens with one attached hydrogen (secondary N) is 1. The van der Waals surface area contributed by atoms with Gasteiger partial charge in [0.05, 0.1) is 19.1 Å². The number of carbonyl (C=O) groups excluding carboxylic acids is 1. The second-order valence-corrected chi connectivity index (χ2v) is 4.70. The molecule has 0 aliphatic heterocycles. The van der Waals surface area contributed by atoms with E-state index in [1.165, 1.54) is 0 Å². The van der Waals surface area contributed by atoms with Crippen LogP contribution in [0, 0.1) is 0 Å². The Morgan fingerprint density at radius 3 is 2.43 bits per heavy atom. The lowest BCUT2D eigenvalue weighted by Crippen LogP contribution is -2.89. The van der Waals surface area contributed by atoms with Crippen LogP contribution in [0.15, 0.2) is 0 Å². The largest absolute Gasteiger partial charge is 0.444 e. The molecule has 84 valence electrons. The first kappa shape index (κ1) is 13.2. The van der Waals surface area contributed by atoms with E-state index in [0.29, 0.717) is 12.6 Å². The second kappa shape index (κ2) is 5.86. The van der Waals surface area contributed by atoms with E-state index in [1.807, 2.05) is 20.8 Å². The van der Waals surface area contributed by atoms with Gasteiger partial charge in [-0.1, -0.05) is 0 Å². The van der Waals surface area contributed by atoms with Crippen molar-refractivity contribution in [1.29, 1.82) is 0 Å². The highest BCUT2D eigenvalue weighted by molar-refractivity contribution is 5.67. The maximum Gasteiger partial charge on any atom is 0.407 e. The molecule has 0 bridgehead atoms. The zero-order valence-electron chi connectivity index (χ0n) is 9.89. The Morgan fingerprint density at radius 2 is 2.00 bits per heavy atom. The Balaban J connectivity index is 3.46. The lowest BCUT2D eigenvalue weighted by Gasteiger charge is -2.19. The van der Waals surface area contributed by atoms with E-state index in [1.54, 1.807) is 0 Å². The van der Waals surface area contributed by atoms with Crippen LogP contribution in [0.2, 0.25) is 0 Å². The number of hydrogen-bond acceptors (Lipinski definition) is 2. The smallest absolute Gasteiger partial charge is 0.407 e. The van der Waals surface area contributed by atoms with Gasteiger partial charge in [-0.25, -0.2) is 4.79 Å². The van der Waals surface area contributed by atoms with E-state index in [2.05, 4.69) is 24.5 Å². The fourth-order valence-electron chi connectivity index (χ4n) is 0.905. The summed E-state index contributed by atoms with van der Waals surface area (Å²) in [5.41, 5.74) is -0.411. The predicted octanol–water partition coefficient (Wildman–Crippen LogP) is 0.483. The highest BCUT2D eigenvalue weighted by Gasteiger charge is 2.15. The van der Waals surface area contributed by atoms with Crippen LogP contribution in [0.3, 0.4) is 0 Å². The number of hydrogen-bond donors (Lipinski definition) is 2. The minimum atomic E-state index is -0.411. The fourth-order valence-corrected chi connectivity index (χ4v) is 0.905. The third kappa shape index (κ3) is 9.32. The highest BCUT2D eigenvalue weighted by atomic mass is 16.6. The van der Waals surface area contributed by atoms with Gasteiger partial charge in [0.2, 0.25) is 0 Å². The van der Waals surface area contributed by atoms with Crippen molar-refractivity contribution in [2.24, 2.45) is 0 Å². The maximum atomic E-state index is 11.2. The molecule has 0 heterocycles. The summed E-state index contributed by atoms with van der Waals surface area (Å²) in [7, 11) is 0. The van der Waals surface area contributed by atoms with Gasteiger partial charge in [-0.15, -0.1) is 0 Å². The number of ether oxygens (including phenoxy) is 1. The minimum absolute atomic E-state index is 0.338. The van der Waals surface area contributed by atoms with Gasteiger partial charge in [-0.2, -0.15) is 0 Å². The van der Waals surface area contributed by atoms with Gasteiger partial charge >= 0.3 is 6.09 Å². The number of nitrogens with two attached hydrogens (primary N) is 1. The lowest BCUT2D eigenvalue weighted by molar-refractivity contribution is -0.681. The molecule has 4 nitrogen and oxygen atoms in total. The molecule has 0 aliphatic rings. The number of rotatable bonds is 4. The average Bonchev–Trinajstić information content (AvgIpc) is 1.94. The van der Waals surface area contributed by atoms with Crippen molar-refractivity contribution in [2.45, 2.75) is 46.3 Å². The molecule has 0 spiro atoms. The molecule has 0 aromatic carbocycles. The van der Waals surface area contributed by atoms with Crippen LogP contribution in [0.5, 0.6) is 0 Å². The van der Waals surface area contributed by atoms with E-state index in [4.69, 9.17) is 4.74 Å². The van der Waals surface area contributed by atoms with Crippen molar-refractivity contribution in [1.82, 2.24) is 5.32 Å². The Kier molecular flexibility index (Phi) is 5.53. The van der Waals surface area contributed by atoms with Crippen molar-refractivity contribution in [2.75, 3.05) is 13.1 Å². The van der Waals surface area contributed by atoms with Crippen LogP contribution in [-0.2, 0) is 4.74 Å². The van der Waals surface area contributed by atoms with Gasteiger partial charge in [0.15, 0.2) is 0 Å². The molecule has 0 saturated heterocycles. The molecular weight excluding hydrogens is 180 g/mol. The minimum Gasteiger partial charge on any atom is -0.444 e. The summed E-state index contributed by atoms with van der Waals surface area (Å²) in [5, 5.41) is 4.87. The fraction of sp³-hybridized carbons (Fsp3) is 0.900. The van der Waals surface area contributed by atoms with Gasteiger partial charge in [-0.05, 0) is 34.6 Å². The van der Waals surface area contributed by atoms with Crippen molar-refractivity contribution in [3.63, 3.8) is 0 Å². The SMILES string of the molecule is CC(C)[NH2+]CCNC(=O)OC(C)(C)C. The van der Waals surface area contributed by atoms with E-state index in [9.17, 15) is 4.79 Å². The van der Waals surface area contributed by atoms with Gasteiger partial charge in [-0.3, -0.25) is 0 Å². The molecule has 0 radical (unpaired) electrons. The van der Waals surface area contributed by atoms with Crippen molar-refractivity contribution in [3.8, 4) is 0 Å². The van der Waals surface area contributed by atoms with Crippen LogP contribution in [0.4, 0.5) is 4.79 Å². The molecular formula is C10H23N2O2+. The monoisotopic (exact) mass is 203 g/mol. The summed E-state index contributed by atoms with van der Waals surface area (Å²) in [6, 6.07) is 0.565. The predicted molar refractivity (Wildman–Crippen MR) is 56.2 cm³/mol. The third-order valence-electron chi connectivity index (χ3n) is 1.45. The van der Waals surface area contributed by atoms with Crippen LogP contribution < -0.4 is 10.6 Å².